The smallest absolute Gasteiger partial charge is 0.336 e. The van der Waals surface area contributed by atoms with Gasteiger partial charge in [0.1, 0.15) is 0 Å². The summed E-state index contributed by atoms with van der Waals surface area (Å²) < 4.78 is 0. The van der Waals surface area contributed by atoms with Crippen LogP contribution in [0.1, 0.15) is 21.5 Å². The largest absolute Gasteiger partial charge is 0.478 e. The highest BCUT2D eigenvalue weighted by molar-refractivity contribution is 6.32. The number of benzene rings is 2. The van der Waals surface area contributed by atoms with Gasteiger partial charge in [-0.2, -0.15) is 0 Å². The lowest BCUT2D eigenvalue weighted by Crippen LogP contribution is -2.05. The number of hydrogen-bond donors (Lipinski definition) is 1. The quantitative estimate of drug-likeness (QED) is 0.664. The molecule has 0 saturated heterocycles. The Labute approximate surface area is 143 Å². The molecule has 2 aromatic carbocycles. The second-order valence-electron chi connectivity index (χ2n) is 5.34. The first kappa shape index (κ1) is 15.8. The molecule has 116 valence electrons. The van der Waals surface area contributed by atoms with Gasteiger partial charge in [0.05, 0.1) is 16.8 Å². The zero-order chi connectivity index (χ0) is 16.7. The number of carboxylic acid groups (broad SMARTS) is 1. The van der Waals surface area contributed by atoms with E-state index in [-0.39, 0.29) is 5.56 Å². The molecular formula is C18H13Cl2NO2. The third kappa shape index (κ3) is 2.67. The molecule has 3 aromatic rings. The first-order chi connectivity index (χ1) is 10.9. The second-order valence-corrected chi connectivity index (χ2v) is 6.19. The third-order valence-electron chi connectivity index (χ3n) is 3.90. The normalized spacial score (nSPS) is 11.0. The van der Waals surface area contributed by atoms with Crippen molar-refractivity contribution in [2.24, 2.45) is 0 Å². The van der Waals surface area contributed by atoms with E-state index in [9.17, 15) is 9.90 Å². The average molecular weight is 346 g/mol. The lowest BCUT2D eigenvalue weighted by atomic mass is 9.96. The van der Waals surface area contributed by atoms with Crippen LogP contribution in [-0.2, 0) is 0 Å². The molecule has 23 heavy (non-hydrogen) atoms. The first-order valence-electron chi connectivity index (χ1n) is 6.98. The fourth-order valence-corrected chi connectivity index (χ4v) is 3.07. The van der Waals surface area contributed by atoms with Gasteiger partial charge in [-0.25, -0.2) is 9.78 Å². The van der Waals surface area contributed by atoms with Gasteiger partial charge >= 0.3 is 5.97 Å². The molecule has 0 radical (unpaired) electrons. The minimum Gasteiger partial charge on any atom is -0.478 e. The van der Waals surface area contributed by atoms with Crippen molar-refractivity contribution in [3.8, 4) is 11.3 Å². The van der Waals surface area contributed by atoms with Crippen molar-refractivity contribution < 1.29 is 9.90 Å². The van der Waals surface area contributed by atoms with Crippen LogP contribution in [0.3, 0.4) is 0 Å². The molecule has 0 atom stereocenters. The molecule has 3 rings (SSSR count). The maximum absolute atomic E-state index is 11.8. The summed E-state index contributed by atoms with van der Waals surface area (Å²) in [6.07, 6.45) is 0. The summed E-state index contributed by atoms with van der Waals surface area (Å²) in [6.45, 7) is 3.59. The number of hydrogen-bond acceptors (Lipinski definition) is 2. The van der Waals surface area contributed by atoms with Crippen molar-refractivity contribution in [1.29, 1.82) is 0 Å². The minimum absolute atomic E-state index is 0.241. The molecule has 3 nitrogen and oxygen atoms in total. The Morgan fingerprint density at radius 2 is 1.83 bits per heavy atom. The van der Waals surface area contributed by atoms with Crippen molar-refractivity contribution in [2.45, 2.75) is 13.8 Å². The van der Waals surface area contributed by atoms with Gasteiger partial charge in [-0.15, -0.1) is 0 Å². The van der Waals surface area contributed by atoms with E-state index in [1.807, 2.05) is 19.1 Å². The zero-order valence-corrected chi connectivity index (χ0v) is 14.0. The summed E-state index contributed by atoms with van der Waals surface area (Å²) in [4.78, 5) is 16.5. The van der Waals surface area contributed by atoms with Crippen molar-refractivity contribution in [3.05, 3.63) is 63.1 Å². The van der Waals surface area contributed by atoms with Gasteiger partial charge in [0.15, 0.2) is 0 Å². The standard InChI is InChI=1S/C18H13Cl2NO2/c1-9-14(20)7-6-13-15(18(22)23)10(2)16(21-17(9)13)11-4-3-5-12(19)8-11/h3-8H,1-2H3,(H,22,23). The van der Waals surface area contributed by atoms with Gasteiger partial charge < -0.3 is 5.11 Å². The molecule has 0 unspecified atom stereocenters. The number of carbonyl (C=O) groups is 1. The molecule has 0 spiro atoms. The number of aromatic carboxylic acids is 1. The summed E-state index contributed by atoms with van der Waals surface area (Å²) in [7, 11) is 0. The molecule has 0 aliphatic rings. The zero-order valence-electron chi connectivity index (χ0n) is 12.5. The maximum Gasteiger partial charge on any atom is 0.336 e. The van der Waals surface area contributed by atoms with Crippen LogP contribution in [0.4, 0.5) is 0 Å². The lowest BCUT2D eigenvalue weighted by Gasteiger charge is -2.14. The SMILES string of the molecule is Cc1c(-c2cccc(Cl)c2)nc2c(C)c(Cl)ccc2c1C(=O)O. The van der Waals surface area contributed by atoms with E-state index in [4.69, 9.17) is 23.2 Å². The predicted molar refractivity (Wildman–Crippen MR) is 93.6 cm³/mol. The van der Waals surface area contributed by atoms with Crippen molar-refractivity contribution in [1.82, 2.24) is 4.98 Å². The van der Waals surface area contributed by atoms with Crippen LogP contribution < -0.4 is 0 Å². The number of carboxylic acids is 1. The van der Waals surface area contributed by atoms with Gasteiger partial charge in [-0.05, 0) is 43.2 Å². The highest BCUT2D eigenvalue weighted by atomic mass is 35.5. The fraction of sp³-hybridized carbons (Fsp3) is 0.111. The van der Waals surface area contributed by atoms with Gasteiger partial charge in [0.25, 0.3) is 0 Å². The number of halogens is 2. The van der Waals surface area contributed by atoms with E-state index >= 15 is 0 Å². The third-order valence-corrected chi connectivity index (χ3v) is 4.54. The Balaban J connectivity index is 2.46. The fourth-order valence-electron chi connectivity index (χ4n) is 2.73. The summed E-state index contributed by atoms with van der Waals surface area (Å²) in [5.74, 6) is -0.986. The van der Waals surface area contributed by atoms with Crippen LogP contribution >= 0.6 is 23.2 Å². The van der Waals surface area contributed by atoms with Crippen LogP contribution in [0.5, 0.6) is 0 Å². The molecule has 1 heterocycles. The number of aryl methyl sites for hydroxylation is 1. The Kier molecular flexibility index (Phi) is 4.00. The highest BCUT2D eigenvalue weighted by Gasteiger charge is 2.20. The van der Waals surface area contributed by atoms with Gasteiger partial charge in [-0.1, -0.05) is 41.4 Å². The molecule has 0 bridgehead atoms. The van der Waals surface area contributed by atoms with E-state index in [1.54, 1.807) is 31.2 Å². The van der Waals surface area contributed by atoms with E-state index in [0.717, 1.165) is 11.1 Å². The highest BCUT2D eigenvalue weighted by Crippen LogP contribution is 2.33. The summed E-state index contributed by atoms with van der Waals surface area (Å²) in [5.41, 5.74) is 3.57. The predicted octanol–water partition coefficient (Wildman–Crippen LogP) is 5.52. The van der Waals surface area contributed by atoms with E-state index < -0.39 is 5.97 Å². The Morgan fingerprint density at radius 3 is 2.48 bits per heavy atom. The Morgan fingerprint density at radius 1 is 1.09 bits per heavy atom. The Bertz CT molecular complexity index is 951. The average Bonchev–Trinajstić information content (AvgIpc) is 2.50. The molecule has 1 N–H and O–H groups in total. The van der Waals surface area contributed by atoms with Gasteiger partial charge in [-0.3, -0.25) is 0 Å². The molecule has 0 fully saturated rings. The Hall–Kier alpha value is -2.10. The molecular weight excluding hydrogens is 333 g/mol. The van der Waals surface area contributed by atoms with Gasteiger partial charge in [0.2, 0.25) is 0 Å². The number of fused-ring (bicyclic) bond motifs is 1. The van der Waals surface area contributed by atoms with E-state index in [0.29, 0.717) is 32.2 Å². The van der Waals surface area contributed by atoms with E-state index in [2.05, 4.69) is 4.98 Å². The molecule has 0 amide bonds. The van der Waals surface area contributed by atoms with Gasteiger partial charge in [0, 0.05) is 21.0 Å². The number of rotatable bonds is 2. The monoisotopic (exact) mass is 345 g/mol. The van der Waals surface area contributed by atoms with E-state index in [1.165, 1.54) is 0 Å². The lowest BCUT2D eigenvalue weighted by molar-refractivity contribution is 0.0698. The molecule has 0 saturated carbocycles. The van der Waals surface area contributed by atoms with Crippen LogP contribution in [-0.4, -0.2) is 16.1 Å². The molecule has 0 aliphatic carbocycles. The van der Waals surface area contributed by atoms with Crippen LogP contribution in [0, 0.1) is 13.8 Å². The molecule has 5 heteroatoms. The first-order valence-corrected chi connectivity index (χ1v) is 7.74. The van der Waals surface area contributed by atoms with Crippen molar-refractivity contribution >= 4 is 40.1 Å². The number of aromatic nitrogens is 1. The van der Waals surface area contributed by atoms with Crippen LogP contribution in [0.25, 0.3) is 22.2 Å². The van der Waals surface area contributed by atoms with Crippen LogP contribution in [0.15, 0.2) is 36.4 Å². The van der Waals surface area contributed by atoms with Crippen molar-refractivity contribution in [3.63, 3.8) is 0 Å². The number of pyridine rings is 1. The second kappa shape index (κ2) is 5.84. The minimum atomic E-state index is -0.986. The maximum atomic E-state index is 11.8. The van der Waals surface area contributed by atoms with Crippen LogP contribution in [0.2, 0.25) is 10.0 Å². The molecule has 0 aliphatic heterocycles. The number of nitrogens with zero attached hydrogens (tertiary/aromatic N) is 1. The van der Waals surface area contributed by atoms with Crippen molar-refractivity contribution in [2.75, 3.05) is 0 Å². The summed E-state index contributed by atoms with van der Waals surface area (Å²) in [6, 6.07) is 10.6. The molecule has 1 aromatic heterocycles. The topological polar surface area (TPSA) is 50.2 Å². The summed E-state index contributed by atoms with van der Waals surface area (Å²) >= 11 is 12.2. The summed E-state index contributed by atoms with van der Waals surface area (Å²) in [5, 5.41) is 11.4.